The fourth-order valence-electron chi connectivity index (χ4n) is 1.47. The summed E-state index contributed by atoms with van der Waals surface area (Å²) >= 11 is 7.81. The van der Waals surface area contributed by atoms with Gasteiger partial charge in [-0.1, -0.05) is 11.6 Å². The molecule has 0 aromatic heterocycles. The zero-order chi connectivity index (χ0) is 8.55. The summed E-state index contributed by atoms with van der Waals surface area (Å²) in [6.45, 7) is 1.02. The van der Waals surface area contributed by atoms with Crippen LogP contribution in [0.2, 0.25) is 5.02 Å². The minimum absolute atomic E-state index is 0.856. The fourth-order valence-corrected chi connectivity index (χ4v) is 2.34. The maximum Gasteiger partial charge on any atom is 0.0651 e. The van der Waals surface area contributed by atoms with Crippen molar-refractivity contribution in [3.05, 3.63) is 22.7 Å². The number of fused-ring (bicyclic) bond motifs is 1. The summed E-state index contributed by atoms with van der Waals surface area (Å²) in [7, 11) is 0. The molecule has 0 fully saturated rings. The van der Waals surface area contributed by atoms with Crippen molar-refractivity contribution in [2.45, 2.75) is 11.3 Å². The third kappa shape index (κ3) is 1.29. The van der Waals surface area contributed by atoms with E-state index in [1.165, 1.54) is 10.5 Å². The Balaban J connectivity index is 2.51. The van der Waals surface area contributed by atoms with Crippen molar-refractivity contribution in [3.63, 3.8) is 0 Å². The van der Waals surface area contributed by atoms with Crippen molar-refractivity contribution >= 4 is 29.1 Å². The number of halogens is 1. The summed E-state index contributed by atoms with van der Waals surface area (Å²) in [5.74, 6) is 0. The van der Waals surface area contributed by atoms with E-state index in [0.29, 0.717) is 0 Å². The van der Waals surface area contributed by atoms with Gasteiger partial charge in [0.1, 0.15) is 0 Å². The van der Waals surface area contributed by atoms with Gasteiger partial charge < -0.3 is 5.32 Å². The van der Waals surface area contributed by atoms with Gasteiger partial charge in [0.15, 0.2) is 0 Å². The van der Waals surface area contributed by atoms with Crippen molar-refractivity contribution in [2.24, 2.45) is 0 Å². The average Bonchev–Trinajstić information content (AvgIpc) is 2.52. The molecule has 1 heterocycles. The first-order valence-corrected chi connectivity index (χ1v) is 5.52. The second-order valence-electron chi connectivity index (χ2n) is 2.82. The molecule has 0 bridgehead atoms. The maximum atomic E-state index is 6.08. The molecule has 3 heteroatoms. The molecule has 0 saturated carbocycles. The van der Waals surface area contributed by atoms with E-state index in [2.05, 4.69) is 17.6 Å². The summed E-state index contributed by atoms with van der Waals surface area (Å²) < 4.78 is 0. The van der Waals surface area contributed by atoms with Gasteiger partial charge in [-0.2, -0.15) is 0 Å². The first kappa shape index (κ1) is 8.27. The second-order valence-corrected chi connectivity index (χ2v) is 4.11. The molecule has 0 atom stereocenters. The molecule has 12 heavy (non-hydrogen) atoms. The van der Waals surface area contributed by atoms with Gasteiger partial charge in [0.05, 0.1) is 10.7 Å². The predicted octanol–water partition coefficient (Wildman–Crippen LogP) is 3.03. The highest BCUT2D eigenvalue weighted by Crippen LogP contribution is 2.34. The van der Waals surface area contributed by atoms with Crippen molar-refractivity contribution in [2.75, 3.05) is 18.1 Å². The van der Waals surface area contributed by atoms with Crippen LogP contribution in [-0.2, 0) is 6.42 Å². The number of rotatable bonds is 1. The molecule has 0 unspecified atom stereocenters. The van der Waals surface area contributed by atoms with Crippen LogP contribution in [0.5, 0.6) is 0 Å². The molecule has 0 amide bonds. The molecule has 0 aliphatic carbocycles. The molecule has 1 aliphatic rings. The van der Waals surface area contributed by atoms with Crippen molar-refractivity contribution in [1.82, 2.24) is 0 Å². The molecule has 64 valence electrons. The molecule has 1 nitrogen and oxygen atoms in total. The number of thioether (sulfide) groups is 1. The smallest absolute Gasteiger partial charge is 0.0651 e. The van der Waals surface area contributed by atoms with Crippen molar-refractivity contribution in [3.8, 4) is 0 Å². The van der Waals surface area contributed by atoms with E-state index in [1.807, 2.05) is 6.07 Å². The van der Waals surface area contributed by atoms with E-state index < -0.39 is 0 Å². The lowest BCUT2D eigenvalue weighted by Crippen LogP contribution is -1.91. The van der Waals surface area contributed by atoms with E-state index >= 15 is 0 Å². The topological polar surface area (TPSA) is 12.0 Å². The van der Waals surface area contributed by atoms with Gasteiger partial charge in [-0.25, -0.2) is 0 Å². The zero-order valence-corrected chi connectivity index (χ0v) is 8.43. The summed E-state index contributed by atoms with van der Waals surface area (Å²) in [5.41, 5.74) is 2.49. The van der Waals surface area contributed by atoms with Crippen LogP contribution >= 0.6 is 23.4 Å². The Morgan fingerprint density at radius 1 is 1.50 bits per heavy atom. The third-order valence-electron chi connectivity index (χ3n) is 2.08. The quantitative estimate of drug-likeness (QED) is 0.698. The van der Waals surface area contributed by atoms with Gasteiger partial charge in [0.2, 0.25) is 0 Å². The first-order valence-electron chi connectivity index (χ1n) is 3.91. The second kappa shape index (κ2) is 3.19. The Hall–Kier alpha value is -0.340. The standard InChI is InChI=1S/C9H10ClNS/c1-12-7-4-6-2-3-11-9(6)8(10)5-7/h4-5,11H,2-3H2,1H3. The van der Waals surface area contributed by atoms with Gasteiger partial charge in [0, 0.05) is 11.4 Å². The maximum absolute atomic E-state index is 6.08. The van der Waals surface area contributed by atoms with Crippen LogP contribution in [0.4, 0.5) is 5.69 Å². The highest BCUT2D eigenvalue weighted by atomic mass is 35.5. The van der Waals surface area contributed by atoms with Crippen molar-refractivity contribution in [1.29, 1.82) is 0 Å². The molecular weight excluding hydrogens is 190 g/mol. The average molecular weight is 200 g/mol. The summed E-state index contributed by atoms with van der Waals surface area (Å²) in [4.78, 5) is 1.25. The molecule has 0 radical (unpaired) electrons. The molecule has 1 N–H and O–H groups in total. The Labute approximate surface area is 81.5 Å². The Kier molecular flexibility index (Phi) is 2.20. The van der Waals surface area contributed by atoms with E-state index in [1.54, 1.807) is 11.8 Å². The summed E-state index contributed by atoms with van der Waals surface area (Å²) in [6, 6.07) is 4.23. The van der Waals surface area contributed by atoms with Gasteiger partial charge in [0.25, 0.3) is 0 Å². The largest absolute Gasteiger partial charge is 0.383 e. The third-order valence-corrected chi connectivity index (χ3v) is 3.08. The summed E-state index contributed by atoms with van der Waals surface area (Å²) in [6.07, 6.45) is 3.17. The minimum atomic E-state index is 0.856. The molecule has 0 saturated heterocycles. The van der Waals surface area contributed by atoms with Gasteiger partial charge in [-0.05, 0) is 30.4 Å². The van der Waals surface area contributed by atoms with E-state index in [0.717, 1.165) is 23.7 Å². The fraction of sp³-hybridized carbons (Fsp3) is 0.333. The van der Waals surface area contributed by atoms with Crippen LogP contribution < -0.4 is 5.32 Å². The minimum Gasteiger partial charge on any atom is -0.383 e. The van der Waals surface area contributed by atoms with E-state index in [4.69, 9.17) is 11.6 Å². The molecule has 1 aromatic rings. The lowest BCUT2D eigenvalue weighted by atomic mass is 10.2. The predicted molar refractivity (Wildman–Crippen MR) is 55.4 cm³/mol. The number of hydrogen-bond acceptors (Lipinski definition) is 2. The Morgan fingerprint density at radius 2 is 2.33 bits per heavy atom. The highest BCUT2D eigenvalue weighted by Gasteiger charge is 2.13. The van der Waals surface area contributed by atoms with Crippen LogP contribution in [-0.4, -0.2) is 12.8 Å². The van der Waals surface area contributed by atoms with Crippen LogP contribution in [0.25, 0.3) is 0 Å². The van der Waals surface area contributed by atoms with Crippen LogP contribution in [0.15, 0.2) is 17.0 Å². The molecule has 2 rings (SSSR count). The highest BCUT2D eigenvalue weighted by molar-refractivity contribution is 7.98. The Morgan fingerprint density at radius 3 is 3.08 bits per heavy atom. The normalized spacial score (nSPS) is 14.2. The lowest BCUT2D eigenvalue weighted by molar-refractivity contribution is 1.10. The monoisotopic (exact) mass is 199 g/mol. The van der Waals surface area contributed by atoms with E-state index in [9.17, 15) is 0 Å². The van der Waals surface area contributed by atoms with E-state index in [-0.39, 0.29) is 0 Å². The zero-order valence-electron chi connectivity index (χ0n) is 6.86. The Bertz CT molecular complexity index is 312. The molecular formula is C9H10ClNS. The first-order chi connectivity index (χ1) is 5.81. The number of nitrogens with one attached hydrogen (secondary N) is 1. The molecule has 1 aromatic carbocycles. The van der Waals surface area contributed by atoms with Crippen LogP contribution in [0.3, 0.4) is 0 Å². The molecule has 1 aliphatic heterocycles. The van der Waals surface area contributed by atoms with Crippen molar-refractivity contribution < 1.29 is 0 Å². The lowest BCUT2D eigenvalue weighted by Gasteiger charge is -2.04. The van der Waals surface area contributed by atoms with Crippen LogP contribution in [0.1, 0.15) is 5.56 Å². The molecule has 0 spiro atoms. The van der Waals surface area contributed by atoms with Gasteiger partial charge in [-0.3, -0.25) is 0 Å². The summed E-state index contributed by atoms with van der Waals surface area (Å²) in [5, 5.41) is 4.13. The number of anilines is 1. The van der Waals surface area contributed by atoms with Gasteiger partial charge in [-0.15, -0.1) is 11.8 Å². The number of benzene rings is 1. The number of hydrogen-bond donors (Lipinski definition) is 1. The van der Waals surface area contributed by atoms with Crippen LogP contribution in [0, 0.1) is 0 Å². The van der Waals surface area contributed by atoms with Gasteiger partial charge >= 0.3 is 0 Å². The SMILES string of the molecule is CSc1cc(Cl)c2c(c1)CCN2.